The summed E-state index contributed by atoms with van der Waals surface area (Å²) < 4.78 is 22.6. The Balaban J connectivity index is 1.97. The van der Waals surface area contributed by atoms with E-state index in [2.05, 4.69) is 10.6 Å². The first-order chi connectivity index (χ1) is 8.47. The van der Waals surface area contributed by atoms with Crippen LogP contribution in [0.2, 0.25) is 0 Å². The summed E-state index contributed by atoms with van der Waals surface area (Å²) in [6, 6.07) is 8.75. The second-order valence-corrected chi connectivity index (χ2v) is 6.72. The SMILES string of the molecule is CS(=O)(=O)C1=CSC(NC(=O)c2ccccc2)N1. The zero-order valence-corrected chi connectivity index (χ0v) is 11.2. The summed E-state index contributed by atoms with van der Waals surface area (Å²) in [6.45, 7) is 0. The monoisotopic (exact) mass is 284 g/mol. The topological polar surface area (TPSA) is 75.3 Å². The van der Waals surface area contributed by atoms with Crippen molar-refractivity contribution in [3.63, 3.8) is 0 Å². The molecule has 1 aliphatic heterocycles. The van der Waals surface area contributed by atoms with Crippen LogP contribution >= 0.6 is 11.8 Å². The molecule has 0 radical (unpaired) electrons. The smallest absolute Gasteiger partial charge is 0.253 e. The van der Waals surface area contributed by atoms with Crippen molar-refractivity contribution in [3.05, 3.63) is 46.3 Å². The van der Waals surface area contributed by atoms with E-state index in [1.54, 1.807) is 24.3 Å². The van der Waals surface area contributed by atoms with Gasteiger partial charge >= 0.3 is 0 Å². The molecule has 1 aromatic rings. The normalized spacial score (nSPS) is 18.9. The lowest BCUT2D eigenvalue weighted by atomic mass is 10.2. The third kappa shape index (κ3) is 3.05. The number of rotatable bonds is 3. The predicted molar refractivity (Wildman–Crippen MR) is 71.3 cm³/mol. The van der Waals surface area contributed by atoms with E-state index in [0.29, 0.717) is 5.56 Å². The number of carbonyl (C=O) groups excluding carboxylic acids is 1. The van der Waals surface area contributed by atoms with Crippen LogP contribution in [-0.4, -0.2) is 26.1 Å². The Kier molecular flexibility index (Phi) is 3.63. The largest absolute Gasteiger partial charge is 0.347 e. The zero-order valence-electron chi connectivity index (χ0n) is 9.58. The maximum atomic E-state index is 11.8. The number of nitrogens with one attached hydrogen (secondary N) is 2. The molecule has 96 valence electrons. The average molecular weight is 284 g/mol. The molecule has 5 nitrogen and oxygen atoms in total. The minimum absolute atomic E-state index is 0.130. The number of sulfone groups is 1. The Labute approximate surface area is 110 Å². The summed E-state index contributed by atoms with van der Waals surface area (Å²) in [5.41, 5.74) is 0.0788. The Bertz CT molecular complexity index is 582. The summed E-state index contributed by atoms with van der Waals surface area (Å²) in [4.78, 5) is 11.8. The van der Waals surface area contributed by atoms with E-state index >= 15 is 0 Å². The van der Waals surface area contributed by atoms with Gasteiger partial charge in [0, 0.05) is 17.2 Å². The molecular formula is C11H12N2O3S2. The molecule has 2 rings (SSSR count). The Morgan fingerprint density at radius 3 is 2.56 bits per heavy atom. The van der Waals surface area contributed by atoms with Gasteiger partial charge in [0.2, 0.25) is 0 Å². The van der Waals surface area contributed by atoms with Crippen molar-refractivity contribution >= 4 is 27.5 Å². The third-order valence-electron chi connectivity index (χ3n) is 2.28. The van der Waals surface area contributed by atoms with Crippen molar-refractivity contribution in [2.24, 2.45) is 0 Å². The van der Waals surface area contributed by atoms with E-state index < -0.39 is 15.3 Å². The van der Waals surface area contributed by atoms with E-state index in [9.17, 15) is 13.2 Å². The second kappa shape index (κ2) is 5.03. The van der Waals surface area contributed by atoms with Gasteiger partial charge in [-0.2, -0.15) is 0 Å². The highest BCUT2D eigenvalue weighted by molar-refractivity contribution is 8.04. The van der Waals surface area contributed by atoms with Crippen LogP contribution in [0.4, 0.5) is 0 Å². The van der Waals surface area contributed by atoms with Crippen LogP contribution in [0.25, 0.3) is 0 Å². The van der Waals surface area contributed by atoms with Crippen LogP contribution < -0.4 is 10.6 Å². The van der Waals surface area contributed by atoms with Crippen LogP contribution in [0.3, 0.4) is 0 Å². The molecule has 18 heavy (non-hydrogen) atoms. The maximum absolute atomic E-state index is 11.8. The summed E-state index contributed by atoms with van der Waals surface area (Å²) in [5.74, 6) is -0.247. The molecule has 0 fully saturated rings. The number of thioether (sulfide) groups is 1. The molecule has 0 spiro atoms. The third-order valence-corrected chi connectivity index (χ3v) is 4.35. The Hall–Kier alpha value is -1.47. The summed E-state index contributed by atoms with van der Waals surface area (Å²) in [7, 11) is -3.26. The molecular weight excluding hydrogens is 272 g/mol. The average Bonchev–Trinajstić information content (AvgIpc) is 2.78. The zero-order chi connectivity index (χ0) is 13.2. The van der Waals surface area contributed by atoms with E-state index in [1.807, 2.05) is 6.07 Å². The van der Waals surface area contributed by atoms with Gasteiger partial charge in [0.05, 0.1) is 0 Å². The van der Waals surface area contributed by atoms with Crippen LogP contribution in [0.1, 0.15) is 10.4 Å². The van der Waals surface area contributed by atoms with Gasteiger partial charge in [-0.25, -0.2) is 8.42 Å². The van der Waals surface area contributed by atoms with Gasteiger partial charge in [-0.1, -0.05) is 30.0 Å². The first kappa shape index (κ1) is 13.0. The lowest BCUT2D eigenvalue weighted by Gasteiger charge is -2.14. The first-order valence-corrected chi connectivity index (χ1v) is 7.98. The fourth-order valence-corrected chi connectivity index (χ4v) is 3.35. The molecule has 0 saturated carbocycles. The van der Waals surface area contributed by atoms with Crippen molar-refractivity contribution < 1.29 is 13.2 Å². The first-order valence-electron chi connectivity index (χ1n) is 5.15. The molecule has 0 saturated heterocycles. The Morgan fingerprint density at radius 1 is 1.33 bits per heavy atom. The molecule has 1 unspecified atom stereocenters. The van der Waals surface area contributed by atoms with Crippen LogP contribution in [0.5, 0.6) is 0 Å². The fraction of sp³-hybridized carbons (Fsp3) is 0.182. The molecule has 2 N–H and O–H groups in total. The fourth-order valence-electron chi connectivity index (χ4n) is 1.38. The minimum atomic E-state index is -3.26. The number of carbonyl (C=O) groups is 1. The minimum Gasteiger partial charge on any atom is -0.347 e. The molecule has 1 heterocycles. The van der Waals surface area contributed by atoms with Gasteiger partial charge in [0.25, 0.3) is 5.91 Å². The highest BCUT2D eigenvalue weighted by Crippen LogP contribution is 2.21. The standard InChI is InChI=1S/C11H12N2O3S2/c1-18(15,16)9-7-17-11(12-9)13-10(14)8-5-3-2-4-6-8/h2-7,11-12H,1H3,(H,13,14). The number of hydrogen-bond donors (Lipinski definition) is 2. The molecule has 0 aromatic heterocycles. The van der Waals surface area contributed by atoms with Crippen molar-refractivity contribution in [1.29, 1.82) is 0 Å². The van der Waals surface area contributed by atoms with Crippen molar-refractivity contribution in [2.75, 3.05) is 6.26 Å². The number of amides is 1. The van der Waals surface area contributed by atoms with Gasteiger partial charge in [0.15, 0.2) is 15.3 Å². The van der Waals surface area contributed by atoms with E-state index in [0.717, 1.165) is 6.26 Å². The van der Waals surface area contributed by atoms with Gasteiger partial charge in [-0.15, -0.1) is 0 Å². The van der Waals surface area contributed by atoms with Gasteiger partial charge in [-0.3, -0.25) is 4.79 Å². The maximum Gasteiger partial charge on any atom is 0.253 e. The van der Waals surface area contributed by atoms with Crippen LogP contribution in [0.15, 0.2) is 40.8 Å². The molecule has 7 heteroatoms. The van der Waals surface area contributed by atoms with Gasteiger partial charge in [-0.05, 0) is 12.1 Å². The lowest BCUT2D eigenvalue weighted by molar-refractivity contribution is 0.0947. The van der Waals surface area contributed by atoms with Crippen LogP contribution in [0, 0.1) is 0 Å². The highest BCUT2D eigenvalue weighted by atomic mass is 32.2. The van der Waals surface area contributed by atoms with E-state index in [1.165, 1.54) is 17.2 Å². The quantitative estimate of drug-likeness (QED) is 0.862. The van der Waals surface area contributed by atoms with Crippen molar-refractivity contribution in [1.82, 2.24) is 10.6 Å². The molecule has 1 aliphatic rings. The molecule has 1 atom stereocenters. The Morgan fingerprint density at radius 2 is 2.00 bits per heavy atom. The van der Waals surface area contributed by atoms with E-state index in [4.69, 9.17) is 0 Å². The highest BCUT2D eigenvalue weighted by Gasteiger charge is 2.24. The lowest BCUT2D eigenvalue weighted by Crippen LogP contribution is -2.40. The summed E-state index contributed by atoms with van der Waals surface area (Å²) in [6.07, 6.45) is 1.12. The molecule has 1 amide bonds. The summed E-state index contributed by atoms with van der Waals surface area (Å²) in [5, 5.41) is 7.05. The molecule has 1 aromatic carbocycles. The molecule has 0 aliphatic carbocycles. The number of benzene rings is 1. The second-order valence-electron chi connectivity index (χ2n) is 3.75. The number of hydrogen-bond acceptors (Lipinski definition) is 5. The van der Waals surface area contributed by atoms with Gasteiger partial charge < -0.3 is 10.6 Å². The predicted octanol–water partition coefficient (Wildman–Crippen LogP) is 0.880. The van der Waals surface area contributed by atoms with Crippen molar-refractivity contribution in [2.45, 2.75) is 5.50 Å². The van der Waals surface area contributed by atoms with Crippen molar-refractivity contribution in [3.8, 4) is 0 Å². The molecule has 0 bridgehead atoms. The van der Waals surface area contributed by atoms with E-state index in [-0.39, 0.29) is 10.9 Å². The van der Waals surface area contributed by atoms with Crippen LogP contribution in [-0.2, 0) is 9.84 Å². The summed E-state index contributed by atoms with van der Waals surface area (Å²) >= 11 is 1.22. The van der Waals surface area contributed by atoms with Gasteiger partial charge in [0.1, 0.15) is 5.03 Å².